The fourth-order valence-electron chi connectivity index (χ4n) is 1.93. The van der Waals surface area contributed by atoms with E-state index in [-0.39, 0.29) is 12.1 Å². The van der Waals surface area contributed by atoms with Gasteiger partial charge in [-0.1, -0.05) is 0 Å². The lowest BCUT2D eigenvalue weighted by Crippen LogP contribution is -2.30. The van der Waals surface area contributed by atoms with Crippen molar-refractivity contribution in [2.45, 2.75) is 38.3 Å². The van der Waals surface area contributed by atoms with Crippen LogP contribution in [-0.2, 0) is 19.0 Å². The molecule has 0 saturated carbocycles. The third-order valence-electron chi connectivity index (χ3n) is 3.27. The highest BCUT2D eigenvalue weighted by Gasteiger charge is 2.00. The van der Waals surface area contributed by atoms with E-state index >= 15 is 0 Å². The number of hydrogen-bond donors (Lipinski definition) is 4. The van der Waals surface area contributed by atoms with Crippen LogP contribution >= 0.6 is 0 Å². The number of carbonyl (C=O) groups is 1. The highest BCUT2D eigenvalue weighted by molar-refractivity contribution is 5.75. The molecular weight excluding hydrogens is 312 g/mol. The summed E-state index contributed by atoms with van der Waals surface area (Å²) in [6.45, 7) is 5.30. The SMILES string of the molecule is COCCOCCOCCNCCCC(=O)NCCCCC(N)N. The largest absolute Gasteiger partial charge is 0.382 e. The summed E-state index contributed by atoms with van der Waals surface area (Å²) in [5, 5.41) is 6.15. The van der Waals surface area contributed by atoms with Crippen LogP contribution in [0.3, 0.4) is 0 Å². The van der Waals surface area contributed by atoms with E-state index < -0.39 is 0 Å². The zero-order valence-corrected chi connectivity index (χ0v) is 15.1. The van der Waals surface area contributed by atoms with E-state index in [1.54, 1.807) is 7.11 Å². The van der Waals surface area contributed by atoms with Crippen molar-refractivity contribution in [3.8, 4) is 0 Å². The number of amides is 1. The van der Waals surface area contributed by atoms with E-state index in [9.17, 15) is 4.79 Å². The van der Waals surface area contributed by atoms with Gasteiger partial charge in [-0.05, 0) is 32.2 Å². The monoisotopic (exact) mass is 348 g/mol. The van der Waals surface area contributed by atoms with Crippen molar-refractivity contribution >= 4 is 5.91 Å². The number of nitrogens with one attached hydrogen (secondary N) is 2. The van der Waals surface area contributed by atoms with Gasteiger partial charge in [0.25, 0.3) is 0 Å². The number of methoxy groups -OCH3 is 1. The molecule has 0 aliphatic heterocycles. The maximum atomic E-state index is 11.6. The highest BCUT2D eigenvalue weighted by atomic mass is 16.5. The second-order valence-electron chi connectivity index (χ2n) is 5.58. The van der Waals surface area contributed by atoms with E-state index in [1.807, 2.05) is 0 Å². The third kappa shape index (κ3) is 19.3. The number of ether oxygens (including phenoxy) is 3. The van der Waals surface area contributed by atoms with Crippen molar-refractivity contribution < 1.29 is 19.0 Å². The summed E-state index contributed by atoms with van der Waals surface area (Å²) in [5.41, 5.74) is 10.9. The fourth-order valence-corrected chi connectivity index (χ4v) is 1.93. The number of nitrogens with two attached hydrogens (primary N) is 2. The molecule has 0 unspecified atom stereocenters. The minimum atomic E-state index is -0.251. The molecule has 0 bridgehead atoms. The van der Waals surface area contributed by atoms with Crippen LogP contribution in [0.25, 0.3) is 0 Å². The quantitative estimate of drug-likeness (QED) is 0.196. The van der Waals surface area contributed by atoms with Crippen LogP contribution in [0.4, 0.5) is 0 Å². The second kappa shape index (κ2) is 18.6. The molecule has 24 heavy (non-hydrogen) atoms. The Kier molecular flexibility index (Phi) is 18.0. The molecule has 8 nitrogen and oxygen atoms in total. The molecule has 0 heterocycles. The van der Waals surface area contributed by atoms with Crippen LogP contribution < -0.4 is 22.1 Å². The van der Waals surface area contributed by atoms with Gasteiger partial charge in [-0.3, -0.25) is 4.79 Å². The number of hydrogen-bond acceptors (Lipinski definition) is 7. The summed E-state index contributed by atoms with van der Waals surface area (Å²) in [6.07, 6.45) is 3.76. The van der Waals surface area contributed by atoms with Crippen molar-refractivity contribution in [1.29, 1.82) is 0 Å². The maximum absolute atomic E-state index is 11.6. The molecule has 0 aliphatic rings. The molecule has 8 heteroatoms. The van der Waals surface area contributed by atoms with Gasteiger partial charge < -0.3 is 36.3 Å². The van der Waals surface area contributed by atoms with Gasteiger partial charge in [-0.25, -0.2) is 0 Å². The molecular formula is C16H36N4O4. The molecule has 1 amide bonds. The first-order valence-electron chi connectivity index (χ1n) is 8.79. The Bertz CT molecular complexity index is 281. The van der Waals surface area contributed by atoms with Gasteiger partial charge in [-0.15, -0.1) is 0 Å². The molecule has 0 saturated heterocycles. The molecule has 0 radical (unpaired) electrons. The zero-order chi connectivity index (χ0) is 17.9. The highest BCUT2D eigenvalue weighted by Crippen LogP contribution is 1.95. The van der Waals surface area contributed by atoms with Gasteiger partial charge in [0.05, 0.1) is 39.2 Å². The molecule has 0 aromatic rings. The molecule has 0 atom stereocenters. The minimum absolute atomic E-state index is 0.0957. The Morgan fingerprint density at radius 1 is 0.917 bits per heavy atom. The average molecular weight is 348 g/mol. The van der Waals surface area contributed by atoms with Gasteiger partial charge in [-0.2, -0.15) is 0 Å². The van der Waals surface area contributed by atoms with Crippen LogP contribution in [0.1, 0.15) is 32.1 Å². The van der Waals surface area contributed by atoms with E-state index in [2.05, 4.69) is 10.6 Å². The van der Waals surface area contributed by atoms with Crippen LogP contribution in [0.5, 0.6) is 0 Å². The number of carbonyl (C=O) groups excluding carboxylic acids is 1. The number of rotatable bonds is 18. The van der Waals surface area contributed by atoms with E-state index in [0.717, 1.165) is 38.8 Å². The van der Waals surface area contributed by atoms with Gasteiger partial charge >= 0.3 is 0 Å². The fraction of sp³-hybridized carbons (Fsp3) is 0.938. The molecule has 0 fully saturated rings. The maximum Gasteiger partial charge on any atom is 0.220 e. The lowest BCUT2D eigenvalue weighted by molar-refractivity contribution is -0.121. The Hall–Kier alpha value is -0.770. The zero-order valence-electron chi connectivity index (χ0n) is 15.1. The lowest BCUT2D eigenvalue weighted by atomic mass is 10.2. The Balaban J connectivity index is 3.14. The summed E-state index contributed by atoms with van der Waals surface area (Å²) in [7, 11) is 1.65. The van der Waals surface area contributed by atoms with E-state index in [0.29, 0.717) is 46.0 Å². The van der Waals surface area contributed by atoms with Gasteiger partial charge in [0, 0.05) is 26.6 Å². The molecule has 0 aliphatic carbocycles. The normalized spacial score (nSPS) is 11.2. The number of unbranched alkanes of at least 4 members (excludes halogenated alkanes) is 1. The third-order valence-corrected chi connectivity index (χ3v) is 3.27. The molecule has 0 spiro atoms. The van der Waals surface area contributed by atoms with Crippen molar-refractivity contribution in [2.24, 2.45) is 11.5 Å². The molecule has 0 aromatic heterocycles. The minimum Gasteiger partial charge on any atom is -0.382 e. The summed E-state index contributed by atoms with van der Waals surface area (Å²) in [5.74, 6) is 0.0957. The van der Waals surface area contributed by atoms with Crippen LogP contribution in [0.15, 0.2) is 0 Å². The summed E-state index contributed by atoms with van der Waals surface area (Å²) < 4.78 is 15.6. The van der Waals surface area contributed by atoms with Gasteiger partial charge in [0.2, 0.25) is 5.91 Å². The van der Waals surface area contributed by atoms with Gasteiger partial charge in [0.15, 0.2) is 0 Å². The second-order valence-corrected chi connectivity index (χ2v) is 5.58. The van der Waals surface area contributed by atoms with E-state index in [1.165, 1.54) is 0 Å². The molecule has 0 aromatic carbocycles. The molecule has 0 rings (SSSR count). The smallest absolute Gasteiger partial charge is 0.220 e. The molecule has 6 N–H and O–H groups in total. The predicted molar refractivity (Wildman–Crippen MR) is 94.6 cm³/mol. The standard InChI is InChI=1S/C16H36N4O4/c1-22-11-12-24-14-13-23-10-9-19-7-4-6-16(21)20-8-3-2-5-15(17)18/h15,19H,2-14,17-18H2,1H3,(H,20,21). The topological polar surface area (TPSA) is 121 Å². The van der Waals surface area contributed by atoms with Crippen LogP contribution in [-0.4, -0.2) is 71.9 Å². The van der Waals surface area contributed by atoms with Crippen molar-refractivity contribution in [1.82, 2.24) is 10.6 Å². The van der Waals surface area contributed by atoms with Gasteiger partial charge in [0.1, 0.15) is 0 Å². The van der Waals surface area contributed by atoms with Crippen molar-refractivity contribution in [3.05, 3.63) is 0 Å². The van der Waals surface area contributed by atoms with Crippen molar-refractivity contribution in [3.63, 3.8) is 0 Å². The lowest BCUT2D eigenvalue weighted by Gasteiger charge is -2.08. The Morgan fingerprint density at radius 3 is 2.33 bits per heavy atom. The predicted octanol–water partition coefficient (Wildman–Crippen LogP) is -0.434. The first-order chi connectivity index (χ1) is 11.7. The summed E-state index contributed by atoms with van der Waals surface area (Å²) >= 11 is 0. The first-order valence-corrected chi connectivity index (χ1v) is 8.79. The molecule has 144 valence electrons. The van der Waals surface area contributed by atoms with Crippen molar-refractivity contribution in [2.75, 3.05) is 59.8 Å². The van der Waals surface area contributed by atoms with Crippen LogP contribution in [0, 0.1) is 0 Å². The van der Waals surface area contributed by atoms with Crippen LogP contribution in [0.2, 0.25) is 0 Å². The Labute approximate surface area is 145 Å². The summed E-state index contributed by atoms with van der Waals surface area (Å²) in [4.78, 5) is 11.6. The Morgan fingerprint density at radius 2 is 1.62 bits per heavy atom. The average Bonchev–Trinajstić information content (AvgIpc) is 2.55. The first kappa shape index (κ1) is 23.2. The van der Waals surface area contributed by atoms with E-state index in [4.69, 9.17) is 25.7 Å². The summed E-state index contributed by atoms with van der Waals surface area (Å²) in [6, 6.07) is 0.